The minimum absolute atomic E-state index is 0.157. The highest BCUT2D eigenvalue weighted by Gasteiger charge is 2.31. The Morgan fingerprint density at radius 2 is 2.06 bits per heavy atom. The Bertz CT molecular complexity index is 286. The number of rotatable bonds is 8. The van der Waals surface area contributed by atoms with E-state index in [-0.39, 0.29) is 12.6 Å². The van der Waals surface area contributed by atoms with E-state index >= 15 is 0 Å². The maximum absolute atomic E-state index is 11.7. The molecule has 0 aliphatic carbocycles. The lowest BCUT2D eigenvalue weighted by atomic mass is 9.88. The van der Waals surface area contributed by atoms with Crippen molar-refractivity contribution < 1.29 is 14.7 Å². The number of nitrogens with zero attached hydrogens (tertiary/aromatic N) is 1. The zero-order chi connectivity index (χ0) is 14.2. The number of carboxylic acid groups (broad SMARTS) is 1. The second kappa shape index (κ2) is 8.24. The fraction of sp³-hybridized carbons (Fsp3) is 0.833. The second-order valence-electron chi connectivity index (χ2n) is 4.65. The highest BCUT2D eigenvalue weighted by atomic mass is 32.2. The van der Waals surface area contributed by atoms with Crippen LogP contribution in [0.1, 0.15) is 26.7 Å². The summed E-state index contributed by atoms with van der Waals surface area (Å²) in [6.45, 7) is 4.29. The highest BCUT2D eigenvalue weighted by molar-refractivity contribution is 7.98. The number of urea groups is 1. The van der Waals surface area contributed by atoms with E-state index in [2.05, 4.69) is 5.32 Å². The standard InChI is InChI=1S/C12H24N2O3S/c1-5-12(2,10(15)16)9-13-11(17)14(3)7-6-8-18-4/h5-9H2,1-4H3,(H,13,17)(H,15,16). The van der Waals surface area contributed by atoms with Crippen LogP contribution in [0.5, 0.6) is 0 Å². The molecule has 0 aromatic heterocycles. The number of hydrogen-bond donors (Lipinski definition) is 2. The van der Waals surface area contributed by atoms with Crippen molar-refractivity contribution in [2.24, 2.45) is 5.41 Å². The Balaban J connectivity index is 4.12. The van der Waals surface area contributed by atoms with Crippen molar-refractivity contribution in [3.63, 3.8) is 0 Å². The first-order valence-corrected chi connectivity index (χ1v) is 7.48. The predicted molar refractivity (Wildman–Crippen MR) is 75.1 cm³/mol. The predicted octanol–water partition coefficient (Wildman–Crippen LogP) is 1.88. The third-order valence-corrected chi connectivity index (χ3v) is 3.81. The number of aliphatic carboxylic acids is 1. The van der Waals surface area contributed by atoms with Gasteiger partial charge in [0.25, 0.3) is 0 Å². The molecule has 1 unspecified atom stereocenters. The van der Waals surface area contributed by atoms with Crippen molar-refractivity contribution in [1.29, 1.82) is 0 Å². The van der Waals surface area contributed by atoms with Gasteiger partial charge in [-0.25, -0.2) is 4.79 Å². The van der Waals surface area contributed by atoms with Gasteiger partial charge in [-0.05, 0) is 31.8 Å². The van der Waals surface area contributed by atoms with Crippen LogP contribution in [-0.4, -0.2) is 54.2 Å². The Morgan fingerprint density at radius 3 is 2.50 bits per heavy atom. The van der Waals surface area contributed by atoms with Crippen LogP contribution in [0.3, 0.4) is 0 Å². The van der Waals surface area contributed by atoms with E-state index in [0.717, 1.165) is 12.2 Å². The Hall–Kier alpha value is -0.910. The van der Waals surface area contributed by atoms with Crippen molar-refractivity contribution in [2.75, 3.05) is 32.1 Å². The fourth-order valence-electron chi connectivity index (χ4n) is 1.31. The molecule has 0 aromatic rings. The molecule has 1 atom stereocenters. The summed E-state index contributed by atoms with van der Waals surface area (Å²) in [5.41, 5.74) is -0.893. The molecular formula is C12H24N2O3S. The average molecular weight is 276 g/mol. The lowest BCUT2D eigenvalue weighted by molar-refractivity contribution is -0.147. The molecule has 6 heteroatoms. The van der Waals surface area contributed by atoms with Crippen LogP contribution < -0.4 is 5.32 Å². The highest BCUT2D eigenvalue weighted by Crippen LogP contribution is 2.19. The summed E-state index contributed by atoms with van der Waals surface area (Å²) in [5.74, 6) is 0.134. The SMILES string of the molecule is CCC(C)(CNC(=O)N(C)CCCSC)C(=O)O. The van der Waals surface area contributed by atoms with Gasteiger partial charge in [0.15, 0.2) is 0 Å². The van der Waals surface area contributed by atoms with E-state index in [4.69, 9.17) is 5.11 Å². The van der Waals surface area contributed by atoms with Crippen LogP contribution in [0.25, 0.3) is 0 Å². The first-order chi connectivity index (χ1) is 8.37. The summed E-state index contributed by atoms with van der Waals surface area (Å²) in [6, 6.07) is -0.211. The summed E-state index contributed by atoms with van der Waals surface area (Å²) < 4.78 is 0. The number of nitrogens with one attached hydrogen (secondary N) is 1. The molecule has 106 valence electrons. The van der Waals surface area contributed by atoms with Gasteiger partial charge >= 0.3 is 12.0 Å². The molecule has 0 spiro atoms. The van der Waals surface area contributed by atoms with Crippen molar-refractivity contribution in [3.05, 3.63) is 0 Å². The molecule has 2 amide bonds. The molecule has 0 bridgehead atoms. The monoisotopic (exact) mass is 276 g/mol. The number of carbonyl (C=O) groups excluding carboxylic acids is 1. The smallest absolute Gasteiger partial charge is 0.317 e. The van der Waals surface area contributed by atoms with Crippen LogP contribution >= 0.6 is 11.8 Å². The summed E-state index contributed by atoms with van der Waals surface area (Å²) in [5, 5.41) is 11.8. The Kier molecular flexibility index (Phi) is 7.82. The molecule has 2 N–H and O–H groups in total. The zero-order valence-electron chi connectivity index (χ0n) is 11.7. The molecule has 0 rings (SSSR count). The number of hydrogen-bond acceptors (Lipinski definition) is 3. The Morgan fingerprint density at radius 1 is 1.44 bits per heavy atom. The maximum Gasteiger partial charge on any atom is 0.317 e. The number of thioether (sulfide) groups is 1. The van der Waals surface area contributed by atoms with Crippen molar-refractivity contribution >= 4 is 23.8 Å². The third-order valence-electron chi connectivity index (χ3n) is 3.12. The van der Waals surface area contributed by atoms with E-state index < -0.39 is 11.4 Å². The lowest BCUT2D eigenvalue weighted by Crippen LogP contribution is -2.45. The zero-order valence-corrected chi connectivity index (χ0v) is 12.5. The van der Waals surface area contributed by atoms with Crippen LogP contribution in [0.4, 0.5) is 4.79 Å². The Labute approximate surface area is 113 Å². The molecule has 0 fully saturated rings. The molecule has 0 aliphatic heterocycles. The minimum atomic E-state index is -0.893. The van der Waals surface area contributed by atoms with Gasteiger partial charge in [0.2, 0.25) is 0 Å². The second-order valence-corrected chi connectivity index (χ2v) is 5.63. The first-order valence-electron chi connectivity index (χ1n) is 6.08. The van der Waals surface area contributed by atoms with Crippen molar-refractivity contribution in [1.82, 2.24) is 10.2 Å². The van der Waals surface area contributed by atoms with Crippen LogP contribution in [0.2, 0.25) is 0 Å². The maximum atomic E-state index is 11.7. The molecule has 0 heterocycles. The third kappa shape index (κ3) is 5.62. The van der Waals surface area contributed by atoms with Crippen molar-refractivity contribution in [2.45, 2.75) is 26.7 Å². The summed E-state index contributed by atoms with van der Waals surface area (Å²) in [7, 11) is 1.72. The lowest BCUT2D eigenvalue weighted by Gasteiger charge is -2.25. The molecule has 0 saturated carbocycles. The van der Waals surface area contributed by atoms with Gasteiger partial charge in [-0.3, -0.25) is 4.79 Å². The van der Waals surface area contributed by atoms with Crippen molar-refractivity contribution in [3.8, 4) is 0 Å². The van der Waals surface area contributed by atoms with Gasteiger partial charge < -0.3 is 15.3 Å². The van der Waals surface area contributed by atoms with Crippen LogP contribution in [0, 0.1) is 5.41 Å². The van der Waals surface area contributed by atoms with Crippen LogP contribution in [-0.2, 0) is 4.79 Å². The molecule has 0 aliphatic rings. The van der Waals surface area contributed by atoms with E-state index in [1.54, 1.807) is 30.6 Å². The van der Waals surface area contributed by atoms with E-state index in [9.17, 15) is 9.59 Å². The minimum Gasteiger partial charge on any atom is -0.481 e. The summed E-state index contributed by atoms with van der Waals surface area (Å²) in [6.07, 6.45) is 3.45. The fourth-order valence-corrected chi connectivity index (χ4v) is 1.72. The summed E-state index contributed by atoms with van der Waals surface area (Å²) in [4.78, 5) is 24.4. The number of carbonyl (C=O) groups is 2. The van der Waals surface area contributed by atoms with Crippen LogP contribution in [0.15, 0.2) is 0 Å². The average Bonchev–Trinajstić information content (AvgIpc) is 2.35. The van der Waals surface area contributed by atoms with E-state index in [0.29, 0.717) is 13.0 Å². The number of carboxylic acids is 1. The van der Waals surface area contributed by atoms with Gasteiger partial charge in [0.05, 0.1) is 5.41 Å². The van der Waals surface area contributed by atoms with Gasteiger partial charge in [-0.1, -0.05) is 6.92 Å². The molecule has 0 aromatic carbocycles. The van der Waals surface area contributed by atoms with Gasteiger partial charge in [-0.15, -0.1) is 0 Å². The summed E-state index contributed by atoms with van der Waals surface area (Å²) >= 11 is 1.74. The topological polar surface area (TPSA) is 69.6 Å². The van der Waals surface area contributed by atoms with E-state index in [1.807, 2.05) is 13.2 Å². The number of amides is 2. The van der Waals surface area contributed by atoms with Gasteiger partial charge in [0, 0.05) is 20.1 Å². The molecule has 0 saturated heterocycles. The van der Waals surface area contributed by atoms with E-state index in [1.165, 1.54) is 0 Å². The van der Waals surface area contributed by atoms with Gasteiger partial charge in [0.1, 0.15) is 0 Å². The molecule has 0 radical (unpaired) electrons. The quantitative estimate of drug-likeness (QED) is 0.664. The molecule has 5 nitrogen and oxygen atoms in total. The molecule has 18 heavy (non-hydrogen) atoms. The molecular weight excluding hydrogens is 252 g/mol. The first kappa shape index (κ1) is 17.1. The normalized spacial score (nSPS) is 13.8. The van der Waals surface area contributed by atoms with Gasteiger partial charge in [-0.2, -0.15) is 11.8 Å². The largest absolute Gasteiger partial charge is 0.481 e.